The second-order valence-corrected chi connectivity index (χ2v) is 5.07. The van der Waals surface area contributed by atoms with E-state index in [1.165, 1.54) is 17.4 Å². The Kier molecular flexibility index (Phi) is 4.74. The highest BCUT2D eigenvalue weighted by atomic mass is 32.1. The summed E-state index contributed by atoms with van der Waals surface area (Å²) in [5.41, 5.74) is 1.03. The Morgan fingerprint density at radius 3 is 2.35 bits per heavy atom. The molecule has 7 heteroatoms. The standard InChI is InChI=1S/C16H8N4O2S/c17-6-12(7-18)15(8-19)20-14-5-10(11-3-4-23-9-11)1-2-13(14)16(21)22/h1-5,9,20H,(H,21,22). The minimum atomic E-state index is -1.18. The third-order valence-corrected chi connectivity index (χ3v) is 3.63. The van der Waals surface area contributed by atoms with Crippen molar-refractivity contribution in [2.24, 2.45) is 0 Å². The third-order valence-electron chi connectivity index (χ3n) is 2.95. The highest BCUT2D eigenvalue weighted by molar-refractivity contribution is 7.08. The molecule has 0 radical (unpaired) electrons. The summed E-state index contributed by atoms with van der Waals surface area (Å²) in [6.45, 7) is 0. The molecule has 2 aromatic rings. The molecule has 2 N–H and O–H groups in total. The van der Waals surface area contributed by atoms with Crippen molar-refractivity contribution in [3.8, 4) is 29.3 Å². The van der Waals surface area contributed by atoms with E-state index in [4.69, 9.17) is 15.8 Å². The molecular formula is C16H8N4O2S. The van der Waals surface area contributed by atoms with Crippen molar-refractivity contribution in [2.45, 2.75) is 0 Å². The lowest BCUT2D eigenvalue weighted by molar-refractivity contribution is 0.0698. The zero-order valence-corrected chi connectivity index (χ0v) is 12.4. The highest BCUT2D eigenvalue weighted by Gasteiger charge is 2.15. The molecule has 23 heavy (non-hydrogen) atoms. The Hall–Kier alpha value is -3.60. The van der Waals surface area contributed by atoms with E-state index in [0.29, 0.717) is 0 Å². The van der Waals surface area contributed by atoms with Crippen LogP contribution in [0.5, 0.6) is 0 Å². The lowest BCUT2D eigenvalue weighted by Gasteiger charge is -2.10. The fourth-order valence-electron chi connectivity index (χ4n) is 1.86. The molecule has 0 saturated heterocycles. The molecule has 0 fully saturated rings. The van der Waals surface area contributed by atoms with Gasteiger partial charge in [-0.15, -0.1) is 0 Å². The molecule has 0 unspecified atom stereocenters. The van der Waals surface area contributed by atoms with Gasteiger partial charge in [-0.25, -0.2) is 4.79 Å². The average Bonchev–Trinajstić information content (AvgIpc) is 3.09. The van der Waals surface area contributed by atoms with Crippen molar-refractivity contribution >= 4 is 23.0 Å². The summed E-state index contributed by atoms with van der Waals surface area (Å²) in [5.74, 6) is -1.18. The number of nitriles is 3. The van der Waals surface area contributed by atoms with Crippen LogP contribution in [0.4, 0.5) is 5.69 Å². The first kappa shape index (κ1) is 15.8. The molecule has 0 aliphatic rings. The van der Waals surface area contributed by atoms with Crippen LogP contribution < -0.4 is 5.32 Å². The zero-order valence-electron chi connectivity index (χ0n) is 11.6. The maximum atomic E-state index is 11.3. The molecule has 2 rings (SSSR count). The number of nitrogens with one attached hydrogen (secondary N) is 1. The lowest BCUT2D eigenvalue weighted by Crippen LogP contribution is -2.07. The van der Waals surface area contributed by atoms with Crippen molar-refractivity contribution in [3.05, 3.63) is 51.9 Å². The number of carboxylic acid groups (broad SMARTS) is 1. The summed E-state index contributed by atoms with van der Waals surface area (Å²) in [5, 5.41) is 42.4. The zero-order chi connectivity index (χ0) is 16.8. The smallest absolute Gasteiger partial charge is 0.337 e. The lowest BCUT2D eigenvalue weighted by atomic mass is 10.0. The molecule has 1 aromatic heterocycles. The number of nitrogens with zero attached hydrogens (tertiary/aromatic N) is 3. The van der Waals surface area contributed by atoms with Crippen LogP contribution >= 0.6 is 11.3 Å². The van der Waals surface area contributed by atoms with E-state index in [1.807, 2.05) is 16.8 Å². The van der Waals surface area contributed by atoms with E-state index in [1.54, 1.807) is 30.3 Å². The number of allylic oxidation sites excluding steroid dienone is 2. The number of thiophene rings is 1. The van der Waals surface area contributed by atoms with Crippen LogP contribution in [-0.4, -0.2) is 11.1 Å². The van der Waals surface area contributed by atoms with Crippen LogP contribution in [0.3, 0.4) is 0 Å². The van der Waals surface area contributed by atoms with Crippen molar-refractivity contribution in [3.63, 3.8) is 0 Å². The van der Waals surface area contributed by atoms with Gasteiger partial charge >= 0.3 is 5.97 Å². The summed E-state index contributed by atoms with van der Waals surface area (Å²) >= 11 is 1.50. The molecule has 0 spiro atoms. The van der Waals surface area contributed by atoms with Gasteiger partial charge in [0.2, 0.25) is 0 Å². The predicted octanol–water partition coefficient (Wildman–Crippen LogP) is 3.35. The van der Waals surface area contributed by atoms with Gasteiger partial charge in [-0.05, 0) is 40.1 Å². The number of anilines is 1. The van der Waals surface area contributed by atoms with Crippen LogP contribution in [0.2, 0.25) is 0 Å². The normalized spacial score (nSPS) is 9.09. The first-order valence-corrected chi connectivity index (χ1v) is 7.16. The predicted molar refractivity (Wildman–Crippen MR) is 84.2 cm³/mol. The molecule has 0 aliphatic heterocycles. The monoisotopic (exact) mass is 320 g/mol. The Bertz CT molecular complexity index is 893. The second-order valence-electron chi connectivity index (χ2n) is 4.29. The minimum Gasteiger partial charge on any atom is -0.478 e. The fourth-order valence-corrected chi connectivity index (χ4v) is 2.53. The number of hydrogen-bond acceptors (Lipinski definition) is 6. The minimum absolute atomic E-state index is 0.0630. The van der Waals surface area contributed by atoms with Gasteiger partial charge in [0.15, 0.2) is 5.57 Å². The summed E-state index contributed by atoms with van der Waals surface area (Å²) in [6.07, 6.45) is 0. The maximum Gasteiger partial charge on any atom is 0.337 e. The van der Waals surface area contributed by atoms with Crippen LogP contribution in [0.15, 0.2) is 46.3 Å². The summed E-state index contributed by atoms with van der Waals surface area (Å²) < 4.78 is 0. The van der Waals surface area contributed by atoms with Gasteiger partial charge in [-0.1, -0.05) is 6.07 Å². The molecule has 0 saturated carbocycles. The molecular weight excluding hydrogens is 312 g/mol. The van der Waals surface area contributed by atoms with E-state index in [9.17, 15) is 9.90 Å². The molecule has 0 bridgehead atoms. The summed E-state index contributed by atoms with van der Waals surface area (Å²) in [6, 6.07) is 11.4. The number of carbonyl (C=O) groups is 1. The molecule has 0 amide bonds. The van der Waals surface area contributed by atoms with Gasteiger partial charge in [0.1, 0.15) is 23.9 Å². The maximum absolute atomic E-state index is 11.3. The van der Waals surface area contributed by atoms with Gasteiger partial charge < -0.3 is 10.4 Å². The number of aromatic carboxylic acids is 1. The summed E-state index contributed by atoms with van der Waals surface area (Å²) in [7, 11) is 0. The average molecular weight is 320 g/mol. The van der Waals surface area contributed by atoms with E-state index in [-0.39, 0.29) is 16.9 Å². The largest absolute Gasteiger partial charge is 0.478 e. The van der Waals surface area contributed by atoms with Crippen molar-refractivity contribution < 1.29 is 9.90 Å². The van der Waals surface area contributed by atoms with Crippen LogP contribution in [-0.2, 0) is 0 Å². The Morgan fingerprint density at radius 2 is 1.83 bits per heavy atom. The molecule has 6 nitrogen and oxygen atoms in total. The highest BCUT2D eigenvalue weighted by Crippen LogP contribution is 2.28. The topological polar surface area (TPSA) is 121 Å². The summed E-state index contributed by atoms with van der Waals surface area (Å²) in [4.78, 5) is 11.3. The van der Waals surface area contributed by atoms with Gasteiger partial charge in [0.25, 0.3) is 0 Å². The molecule has 0 aliphatic carbocycles. The quantitative estimate of drug-likeness (QED) is 0.833. The third kappa shape index (κ3) is 3.36. The Balaban J connectivity index is 2.56. The van der Waals surface area contributed by atoms with Gasteiger partial charge in [-0.2, -0.15) is 27.1 Å². The van der Waals surface area contributed by atoms with Gasteiger partial charge in [-0.3, -0.25) is 0 Å². The fraction of sp³-hybridized carbons (Fsp3) is 0. The van der Waals surface area contributed by atoms with Crippen molar-refractivity contribution in [1.29, 1.82) is 15.8 Å². The number of carboxylic acids is 1. The molecule has 1 heterocycles. The van der Waals surface area contributed by atoms with Crippen LogP contribution in [0.1, 0.15) is 10.4 Å². The number of benzene rings is 1. The first-order valence-electron chi connectivity index (χ1n) is 6.22. The van der Waals surface area contributed by atoms with Gasteiger partial charge in [0, 0.05) is 0 Å². The number of rotatable bonds is 4. The van der Waals surface area contributed by atoms with Crippen molar-refractivity contribution in [1.82, 2.24) is 0 Å². The van der Waals surface area contributed by atoms with E-state index >= 15 is 0 Å². The molecule has 1 aromatic carbocycles. The van der Waals surface area contributed by atoms with Crippen molar-refractivity contribution in [2.75, 3.05) is 5.32 Å². The van der Waals surface area contributed by atoms with E-state index < -0.39 is 11.5 Å². The number of hydrogen-bond donors (Lipinski definition) is 2. The SMILES string of the molecule is N#CC(C#N)=C(C#N)Nc1cc(-c2ccsc2)ccc1C(=O)O. The molecule has 110 valence electrons. The Labute approximate surface area is 135 Å². The van der Waals surface area contributed by atoms with Crippen LogP contribution in [0, 0.1) is 34.0 Å². The Morgan fingerprint density at radius 1 is 1.09 bits per heavy atom. The van der Waals surface area contributed by atoms with Gasteiger partial charge in [0.05, 0.1) is 11.3 Å². The first-order chi connectivity index (χ1) is 11.1. The molecule has 0 atom stereocenters. The van der Waals surface area contributed by atoms with E-state index in [2.05, 4.69) is 5.32 Å². The second kappa shape index (κ2) is 6.91. The van der Waals surface area contributed by atoms with E-state index in [0.717, 1.165) is 11.1 Å². The van der Waals surface area contributed by atoms with Crippen LogP contribution in [0.25, 0.3) is 11.1 Å².